The zero-order valence-electron chi connectivity index (χ0n) is 21.1. The number of carboxylic acids is 1. The molecular weight excluding hydrogens is 540 g/mol. The van der Waals surface area contributed by atoms with Gasteiger partial charge in [0.2, 0.25) is 11.8 Å². The smallest absolute Gasteiger partial charge is 0.326 e. The van der Waals surface area contributed by atoms with Crippen LogP contribution in [0.3, 0.4) is 0 Å². The van der Waals surface area contributed by atoms with Crippen molar-refractivity contribution in [2.75, 3.05) is 5.32 Å². The Morgan fingerprint density at radius 2 is 1.75 bits per heavy atom. The fourth-order valence-corrected chi connectivity index (χ4v) is 4.63. The zero-order chi connectivity index (χ0) is 28.8. The Labute approximate surface area is 233 Å². The normalized spacial score (nSPS) is 15.4. The number of rotatable bonds is 10. The van der Waals surface area contributed by atoms with Crippen LogP contribution in [0.5, 0.6) is 0 Å². The molecule has 1 aliphatic rings. The molecule has 1 unspecified atom stereocenters. The number of carbonyl (C=O) groups is 4. The lowest BCUT2D eigenvalue weighted by molar-refractivity contribution is -0.385. The minimum atomic E-state index is -1.25. The highest BCUT2D eigenvalue weighted by Crippen LogP contribution is 2.25. The number of hydrogen-bond donors (Lipinski definition) is 3. The third-order valence-electron chi connectivity index (χ3n) is 6.49. The Kier molecular flexibility index (Phi) is 8.75. The van der Waals surface area contributed by atoms with Gasteiger partial charge < -0.3 is 20.6 Å². The largest absolute Gasteiger partial charge is 0.480 e. The number of nitro groups is 1. The van der Waals surface area contributed by atoms with Crippen molar-refractivity contribution in [3.8, 4) is 0 Å². The van der Waals surface area contributed by atoms with Crippen LogP contribution in [0.2, 0.25) is 5.02 Å². The highest BCUT2D eigenvalue weighted by Gasteiger charge is 2.37. The summed E-state index contributed by atoms with van der Waals surface area (Å²) >= 11 is 5.80. The average molecular weight is 565 g/mol. The van der Waals surface area contributed by atoms with Gasteiger partial charge in [0.1, 0.15) is 17.6 Å². The van der Waals surface area contributed by atoms with E-state index < -0.39 is 40.5 Å². The van der Waals surface area contributed by atoms with Crippen molar-refractivity contribution in [2.45, 2.75) is 37.9 Å². The molecule has 206 valence electrons. The van der Waals surface area contributed by atoms with Crippen molar-refractivity contribution in [3.63, 3.8) is 0 Å². The molecule has 1 heterocycles. The number of anilines is 1. The maximum absolute atomic E-state index is 13.0. The lowest BCUT2D eigenvalue weighted by Gasteiger charge is -2.26. The van der Waals surface area contributed by atoms with E-state index >= 15 is 0 Å². The van der Waals surface area contributed by atoms with E-state index in [1.54, 1.807) is 12.1 Å². The summed E-state index contributed by atoms with van der Waals surface area (Å²) in [7, 11) is 0. The van der Waals surface area contributed by atoms with Gasteiger partial charge in [-0.05, 0) is 41.8 Å². The Morgan fingerprint density at radius 3 is 2.40 bits per heavy atom. The second-order valence-electron chi connectivity index (χ2n) is 9.23. The number of nitrogens with one attached hydrogen (secondary N) is 2. The molecule has 0 spiro atoms. The summed E-state index contributed by atoms with van der Waals surface area (Å²) in [5, 5.41) is 26.3. The second-order valence-corrected chi connectivity index (χ2v) is 9.67. The quantitative estimate of drug-likeness (QED) is 0.249. The first-order chi connectivity index (χ1) is 19.1. The Hall–Kier alpha value is -4.77. The zero-order valence-corrected chi connectivity index (χ0v) is 21.8. The molecule has 1 fully saturated rings. The number of nitrogens with zero attached hydrogens (tertiary/aromatic N) is 2. The molecule has 3 aromatic carbocycles. The molecule has 0 radical (unpaired) electrons. The summed E-state index contributed by atoms with van der Waals surface area (Å²) < 4.78 is 0. The van der Waals surface area contributed by atoms with Crippen LogP contribution in [0, 0.1) is 10.1 Å². The molecule has 40 heavy (non-hydrogen) atoms. The number of carboxylic acid groups (broad SMARTS) is 1. The van der Waals surface area contributed by atoms with Gasteiger partial charge in [-0.15, -0.1) is 0 Å². The fourth-order valence-electron chi connectivity index (χ4n) is 4.46. The predicted molar refractivity (Wildman–Crippen MR) is 146 cm³/mol. The number of halogens is 1. The number of carbonyl (C=O) groups excluding carboxylic acids is 3. The third-order valence-corrected chi connectivity index (χ3v) is 6.73. The van der Waals surface area contributed by atoms with Crippen LogP contribution in [0.1, 0.15) is 34.3 Å². The maximum Gasteiger partial charge on any atom is 0.326 e. The van der Waals surface area contributed by atoms with Crippen molar-refractivity contribution in [2.24, 2.45) is 0 Å². The summed E-state index contributed by atoms with van der Waals surface area (Å²) in [6.45, 7) is 0.252. The van der Waals surface area contributed by atoms with Crippen LogP contribution in [0.25, 0.3) is 0 Å². The van der Waals surface area contributed by atoms with E-state index in [2.05, 4.69) is 10.6 Å². The number of likely N-dealkylation sites (tertiary alicyclic amines) is 1. The summed E-state index contributed by atoms with van der Waals surface area (Å²) in [6.07, 6.45) is 0.455. The average Bonchev–Trinajstić information content (AvgIpc) is 3.29. The van der Waals surface area contributed by atoms with Gasteiger partial charge in [0.25, 0.3) is 11.6 Å². The summed E-state index contributed by atoms with van der Waals surface area (Å²) in [5.41, 5.74) is 1.15. The van der Waals surface area contributed by atoms with Crippen LogP contribution in [0.4, 0.5) is 11.4 Å². The monoisotopic (exact) mass is 564 g/mol. The number of aliphatic carboxylic acids is 1. The fraction of sp³-hybridized carbons (Fsp3) is 0.214. The highest BCUT2D eigenvalue weighted by atomic mass is 35.5. The number of amides is 3. The molecular formula is C28H25ClN4O7. The first kappa shape index (κ1) is 28.2. The standard InChI is InChI=1S/C28H25ClN4O7/c29-19-8-11-21(24(15-19)33(39)40)26(35)30-20-9-6-17(7-10-20)14-22(28(37)38)31-27(36)23-12-13-25(34)32(23)16-18-4-2-1-3-5-18/h1-11,15,22-23H,12-14,16H2,(H,30,35)(H,31,36)(H,37,38)/t22-,23?/m0/s1. The summed E-state index contributed by atoms with van der Waals surface area (Å²) in [5.74, 6) is -2.65. The van der Waals surface area contributed by atoms with E-state index in [0.717, 1.165) is 11.6 Å². The number of nitro benzene ring substituents is 1. The molecule has 1 saturated heterocycles. The molecule has 2 atom stereocenters. The highest BCUT2D eigenvalue weighted by molar-refractivity contribution is 6.31. The summed E-state index contributed by atoms with van der Waals surface area (Å²) in [6, 6.07) is 17.1. The van der Waals surface area contributed by atoms with Gasteiger partial charge in [-0.1, -0.05) is 54.1 Å². The molecule has 0 saturated carbocycles. The van der Waals surface area contributed by atoms with Crippen molar-refractivity contribution in [3.05, 3.63) is 105 Å². The molecule has 1 aliphatic heterocycles. The van der Waals surface area contributed by atoms with Crippen LogP contribution in [-0.2, 0) is 27.3 Å². The van der Waals surface area contributed by atoms with E-state index in [9.17, 15) is 34.4 Å². The predicted octanol–water partition coefficient (Wildman–Crippen LogP) is 3.80. The molecule has 12 heteroatoms. The Morgan fingerprint density at radius 1 is 1.05 bits per heavy atom. The lowest BCUT2D eigenvalue weighted by atomic mass is 10.0. The van der Waals surface area contributed by atoms with Gasteiger partial charge in [0.15, 0.2) is 0 Å². The topological polar surface area (TPSA) is 159 Å². The number of hydrogen-bond acceptors (Lipinski definition) is 6. The van der Waals surface area contributed by atoms with Crippen molar-refractivity contribution in [1.29, 1.82) is 0 Å². The van der Waals surface area contributed by atoms with E-state index in [1.165, 1.54) is 29.2 Å². The van der Waals surface area contributed by atoms with Gasteiger partial charge in [-0.2, -0.15) is 0 Å². The molecule has 3 aromatic rings. The van der Waals surface area contributed by atoms with Gasteiger partial charge in [-0.25, -0.2) is 4.79 Å². The third kappa shape index (κ3) is 6.80. The first-order valence-electron chi connectivity index (χ1n) is 12.3. The van der Waals surface area contributed by atoms with Crippen molar-refractivity contribution < 1.29 is 29.2 Å². The van der Waals surface area contributed by atoms with Gasteiger partial charge in [-0.3, -0.25) is 24.5 Å². The first-order valence-corrected chi connectivity index (χ1v) is 12.7. The van der Waals surface area contributed by atoms with Gasteiger partial charge in [0, 0.05) is 36.2 Å². The van der Waals surface area contributed by atoms with Gasteiger partial charge >= 0.3 is 5.97 Å². The van der Waals surface area contributed by atoms with Crippen LogP contribution in [-0.4, -0.2) is 50.7 Å². The van der Waals surface area contributed by atoms with Crippen molar-refractivity contribution in [1.82, 2.24) is 10.2 Å². The molecule has 4 rings (SSSR count). The molecule has 0 aromatic heterocycles. The van der Waals surface area contributed by atoms with Crippen molar-refractivity contribution >= 4 is 46.7 Å². The Bertz CT molecular complexity index is 1450. The van der Waals surface area contributed by atoms with Crippen LogP contribution >= 0.6 is 11.6 Å². The molecule has 3 amide bonds. The van der Waals surface area contributed by atoms with E-state index in [-0.39, 0.29) is 35.9 Å². The SMILES string of the molecule is O=C(Nc1ccc(C[C@H](NC(=O)C2CCC(=O)N2Cc2ccccc2)C(=O)O)cc1)c1ccc(Cl)cc1[N+](=O)[O-]. The van der Waals surface area contributed by atoms with Gasteiger partial charge in [0.05, 0.1) is 4.92 Å². The lowest BCUT2D eigenvalue weighted by Crippen LogP contribution is -2.50. The maximum atomic E-state index is 13.0. The van der Waals surface area contributed by atoms with Crippen LogP contribution < -0.4 is 10.6 Å². The molecule has 0 aliphatic carbocycles. The summed E-state index contributed by atoms with van der Waals surface area (Å²) in [4.78, 5) is 62.1. The van der Waals surface area contributed by atoms with E-state index in [1.807, 2.05) is 30.3 Å². The minimum absolute atomic E-state index is 0.0443. The van der Waals surface area contributed by atoms with Crippen LogP contribution in [0.15, 0.2) is 72.8 Å². The minimum Gasteiger partial charge on any atom is -0.480 e. The van der Waals surface area contributed by atoms with E-state index in [0.29, 0.717) is 17.7 Å². The number of benzene rings is 3. The molecule has 0 bridgehead atoms. The van der Waals surface area contributed by atoms with E-state index in [4.69, 9.17) is 11.6 Å². The second kappa shape index (κ2) is 12.4. The molecule has 3 N–H and O–H groups in total. The molecule has 11 nitrogen and oxygen atoms in total. The Balaban J connectivity index is 1.40.